The Morgan fingerprint density at radius 2 is 2.17 bits per heavy atom. The maximum atomic E-state index is 4.55. The molecule has 1 atom stereocenters. The molecule has 2 heterocycles. The predicted octanol–water partition coefficient (Wildman–Crippen LogP) is 3.16. The normalized spacial score (nSPS) is 19.0. The Hall–Kier alpha value is -0.410. The Morgan fingerprint density at radius 3 is 2.79 bits per heavy atom. The number of nitrogens with one attached hydrogen (secondary N) is 2. The Kier molecular flexibility index (Phi) is 10.1. The van der Waals surface area contributed by atoms with E-state index in [0.29, 0.717) is 0 Å². The van der Waals surface area contributed by atoms with Crippen molar-refractivity contribution < 1.29 is 0 Å². The SMILES string of the molecule is CN=C(NCCCN1CCCC(C)C1)NCc1nc(C)c(C)s1.I. The Balaban J connectivity index is 0.00000288. The number of rotatable bonds is 6. The first-order valence-electron chi connectivity index (χ1n) is 8.68. The van der Waals surface area contributed by atoms with Gasteiger partial charge in [-0.2, -0.15) is 0 Å². The second-order valence-corrected chi connectivity index (χ2v) is 7.79. The molecule has 1 aliphatic rings. The molecule has 1 aromatic heterocycles. The van der Waals surface area contributed by atoms with E-state index in [-0.39, 0.29) is 24.0 Å². The van der Waals surface area contributed by atoms with E-state index in [1.807, 2.05) is 7.05 Å². The molecule has 0 amide bonds. The minimum Gasteiger partial charge on any atom is -0.356 e. The molecule has 0 spiro atoms. The van der Waals surface area contributed by atoms with Crippen molar-refractivity contribution in [2.75, 3.05) is 33.2 Å². The zero-order valence-corrected chi connectivity index (χ0v) is 18.5. The monoisotopic (exact) mass is 465 g/mol. The predicted molar refractivity (Wildman–Crippen MR) is 115 cm³/mol. The van der Waals surface area contributed by atoms with Gasteiger partial charge in [0.2, 0.25) is 0 Å². The average Bonchev–Trinajstić information content (AvgIpc) is 2.85. The molecule has 1 fully saturated rings. The van der Waals surface area contributed by atoms with E-state index in [1.54, 1.807) is 11.3 Å². The molecule has 24 heavy (non-hydrogen) atoms. The first-order valence-corrected chi connectivity index (χ1v) is 9.50. The van der Waals surface area contributed by atoms with E-state index in [0.717, 1.165) is 42.1 Å². The van der Waals surface area contributed by atoms with Crippen LogP contribution in [-0.4, -0.2) is 49.1 Å². The number of piperidine rings is 1. The quantitative estimate of drug-likeness (QED) is 0.293. The average molecular weight is 465 g/mol. The lowest BCUT2D eigenvalue weighted by Gasteiger charge is -2.30. The highest BCUT2D eigenvalue weighted by molar-refractivity contribution is 14.0. The summed E-state index contributed by atoms with van der Waals surface area (Å²) < 4.78 is 0. The lowest BCUT2D eigenvalue weighted by molar-refractivity contribution is 0.182. The zero-order chi connectivity index (χ0) is 16.7. The summed E-state index contributed by atoms with van der Waals surface area (Å²) in [6, 6.07) is 0. The number of nitrogens with zero attached hydrogens (tertiary/aromatic N) is 3. The number of aliphatic imine (C=N–C) groups is 1. The van der Waals surface area contributed by atoms with E-state index < -0.39 is 0 Å². The van der Waals surface area contributed by atoms with E-state index >= 15 is 0 Å². The van der Waals surface area contributed by atoms with Crippen molar-refractivity contribution in [3.8, 4) is 0 Å². The third kappa shape index (κ3) is 7.23. The smallest absolute Gasteiger partial charge is 0.191 e. The number of aryl methyl sites for hydroxylation is 2. The summed E-state index contributed by atoms with van der Waals surface area (Å²) in [5.74, 6) is 1.72. The first kappa shape index (κ1) is 21.6. The number of hydrogen-bond acceptors (Lipinski definition) is 4. The van der Waals surface area contributed by atoms with Gasteiger partial charge in [-0.3, -0.25) is 4.99 Å². The summed E-state index contributed by atoms with van der Waals surface area (Å²) in [6.07, 6.45) is 3.90. The molecule has 0 bridgehead atoms. The van der Waals surface area contributed by atoms with Crippen LogP contribution in [0.1, 0.15) is 41.8 Å². The number of hydrogen-bond donors (Lipinski definition) is 2. The van der Waals surface area contributed by atoms with Gasteiger partial charge in [-0.15, -0.1) is 35.3 Å². The van der Waals surface area contributed by atoms with Gasteiger partial charge in [0.25, 0.3) is 0 Å². The van der Waals surface area contributed by atoms with Crippen LogP contribution < -0.4 is 10.6 Å². The van der Waals surface area contributed by atoms with Crippen molar-refractivity contribution in [1.82, 2.24) is 20.5 Å². The Morgan fingerprint density at radius 1 is 1.38 bits per heavy atom. The van der Waals surface area contributed by atoms with Gasteiger partial charge in [0.05, 0.1) is 12.2 Å². The summed E-state index contributed by atoms with van der Waals surface area (Å²) in [7, 11) is 1.82. The van der Waals surface area contributed by atoms with Crippen LogP contribution >= 0.6 is 35.3 Å². The molecule has 5 nitrogen and oxygen atoms in total. The molecule has 0 aromatic carbocycles. The molecule has 0 aliphatic carbocycles. The fourth-order valence-electron chi connectivity index (χ4n) is 2.99. The van der Waals surface area contributed by atoms with Gasteiger partial charge in [0, 0.05) is 25.0 Å². The standard InChI is InChI=1S/C17H31N5S.HI/c1-13-7-5-9-22(12-13)10-6-8-19-17(18-4)20-11-16-21-14(2)15(3)23-16;/h13H,5-12H2,1-4H3,(H2,18,19,20);1H. The molecule has 1 aromatic rings. The van der Waals surface area contributed by atoms with Crippen molar-refractivity contribution in [2.45, 2.75) is 46.6 Å². The van der Waals surface area contributed by atoms with Crippen molar-refractivity contribution in [2.24, 2.45) is 10.9 Å². The van der Waals surface area contributed by atoms with Crippen LogP contribution in [0.5, 0.6) is 0 Å². The fourth-order valence-corrected chi connectivity index (χ4v) is 3.87. The Labute approximate surface area is 167 Å². The van der Waals surface area contributed by atoms with Crippen molar-refractivity contribution in [3.05, 3.63) is 15.6 Å². The van der Waals surface area contributed by atoms with Gasteiger partial charge in [-0.1, -0.05) is 6.92 Å². The van der Waals surface area contributed by atoms with E-state index in [4.69, 9.17) is 0 Å². The van der Waals surface area contributed by atoms with Crippen LogP contribution in [0.4, 0.5) is 0 Å². The maximum absolute atomic E-state index is 4.55. The van der Waals surface area contributed by atoms with E-state index in [9.17, 15) is 0 Å². The molecular formula is C17H32IN5S. The van der Waals surface area contributed by atoms with Crippen LogP contribution in [0, 0.1) is 19.8 Å². The topological polar surface area (TPSA) is 52.6 Å². The molecule has 0 saturated carbocycles. The van der Waals surface area contributed by atoms with Gasteiger partial charge >= 0.3 is 0 Å². The van der Waals surface area contributed by atoms with Gasteiger partial charge in [-0.25, -0.2) is 4.98 Å². The second kappa shape index (κ2) is 11.3. The second-order valence-electron chi connectivity index (χ2n) is 6.50. The highest BCUT2D eigenvalue weighted by Crippen LogP contribution is 2.16. The van der Waals surface area contributed by atoms with Gasteiger partial charge in [0.1, 0.15) is 5.01 Å². The van der Waals surface area contributed by atoms with E-state index in [1.165, 1.54) is 37.4 Å². The lowest BCUT2D eigenvalue weighted by atomic mass is 10.0. The third-order valence-electron chi connectivity index (χ3n) is 4.39. The highest BCUT2D eigenvalue weighted by atomic mass is 127. The fraction of sp³-hybridized carbons (Fsp3) is 0.765. The van der Waals surface area contributed by atoms with Crippen LogP contribution in [0.25, 0.3) is 0 Å². The Bertz CT molecular complexity index is 498. The number of thiazole rings is 1. The zero-order valence-electron chi connectivity index (χ0n) is 15.4. The van der Waals surface area contributed by atoms with Crippen LogP contribution in [-0.2, 0) is 6.54 Å². The summed E-state index contributed by atoms with van der Waals surface area (Å²) in [4.78, 5) is 12.7. The number of halogens is 1. The summed E-state index contributed by atoms with van der Waals surface area (Å²) in [6.45, 7) is 11.9. The summed E-state index contributed by atoms with van der Waals surface area (Å²) in [5, 5.41) is 7.86. The minimum absolute atomic E-state index is 0. The number of guanidine groups is 1. The number of aromatic nitrogens is 1. The summed E-state index contributed by atoms with van der Waals surface area (Å²) >= 11 is 1.75. The molecule has 1 saturated heterocycles. The molecular weight excluding hydrogens is 433 g/mol. The van der Waals surface area contributed by atoms with E-state index in [2.05, 4.69) is 46.3 Å². The summed E-state index contributed by atoms with van der Waals surface area (Å²) in [5.41, 5.74) is 1.13. The van der Waals surface area contributed by atoms with Crippen LogP contribution in [0.15, 0.2) is 4.99 Å². The van der Waals surface area contributed by atoms with Crippen LogP contribution in [0.2, 0.25) is 0 Å². The highest BCUT2D eigenvalue weighted by Gasteiger charge is 2.15. The largest absolute Gasteiger partial charge is 0.356 e. The molecule has 7 heteroatoms. The molecule has 2 N–H and O–H groups in total. The van der Waals surface area contributed by atoms with Gasteiger partial charge < -0.3 is 15.5 Å². The van der Waals surface area contributed by atoms with Crippen LogP contribution in [0.3, 0.4) is 0 Å². The number of likely N-dealkylation sites (tertiary alicyclic amines) is 1. The minimum atomic E-state index is 0. The van der Waals surface area contributed by atoms with Crippen molar-refractivity contribution in [1.29, 1.82) is 0 Å². The third-order valence-corrected chi connectivity index (χ3v) is 5.46. The molecule has 1 unspecified atom stereocenters. The van der Waals surface area contributed by atoms with Crippen molar-refractivity contribution >= 4 is 41.3 Å². The molecule has 138 valence electrons. The molecule has 1 aliphatic heterocycles. The first-order chi connectivity index (χ1) is 11.1. The molecule has 0 radical (unpaired) electrons. The lowest BCUT2D eigenvalue weighted by Crippen LogP contribution is -2.39. The molecule has 2 rings (SSSR count). The van der Waals surface area contributed by atoms with Gasteiger partial charge in [0.15, 0.2) is 5.96 Å². The maximum Gasteiger partial charge on any atom is 0.191 e. The van der Waals surface area contributed by atoms with Crippen molar-refractivity contribution in [3.63, 3.8) is 0 Å². The van der Waals surface area contributed by atoms with Gasteiger partial charge in [-0.05, 0) is 52.1 Å².